The van der Waals surface area contributed by atoms with Crippen molar-refractivity contribution in [2.75, 3.05) is 25.0 Å². The Morgan fingerprint density at radius 2 is 2.03 bits per heavy atom. The van der Waals surface area contributed by atoms with Crippen LogP contribution in [0.1, 0.15) is 18.4 Å². The highest BCUT2D eigenvalue weighted by Gasteiger charge is 2.20. The van der Waals surface area contributed by atoms with Crippen LogP contribution in [0.2, 0.25) is 0 Å². The maximum Gasteiger partial charge on any atom is 0.261 e. The number of benzene rings is 2. The van der Waals surface area contributed by atoms with Gasteiger partial charge in [0.25, 0.3) is 5.56 Å². The van der Waals surface area contributed by atoms with E-state index in [4.69, 9.17) is 4.98 Å². The number of H-pyrrole nitrogens is 2. The molecular formula is C23H25N5O. The lowest BCUT2D eigenvalue weighted by atomic mass is 9.99. The van der Waals surface area contributed by atoms with Gasteiger partial charge in [0.2, 0.25) is 0 Å². The number of rotatable bonds is 4. The van der Waals surface area contributed by atoms with Crippen LogP contribution in [-0.2, 0) is 0 Å². The fourth-order valence-electron chi connectivity index (χ4n) is 4.23. The molecular weight excluding hydrogens is 362 g/mol. The highest BCUT2D eigenvalue weighted by atomic mass is 16.1. The first-order chi connectivity index (χ1) is 14.2. The van der Waals surface area contributed by atoms with Gasteiger partial charge in [-0.1, -0.05) is 23.8 Å². The van der Waals surface area contributed by atoms with Crippen molar-refractivity contribution in [3.05, 3.63) is 58.4 Å². The molecule has 0 spiro atoms. The third-order valence-electron chi connectivity index (χ3n) is 5.76. The smallest absolute Gasteiger partial charge is 0.261 e. The molecule has 2 aromatic heterocycles. The topological polar surface area (TPSA) is 85.6 Å². The summed E-state index contributed by atoms with van der Waals surface area (Å²) in [7, 11) is 0. The van der Waals surface area contributed by atoms with Gasteiger partial charge in [0.1, 0.15) is 11.4 Å². The summed E-state index contributed by atoms with van der Waals surface area (Å²) in [5.74, 6) is 1.14. The second-order valence-corrected chi connectivity index (χ2v) is 7.95. The number of nitrogens with zero attached hydrogens (tertiary/aromatic N) is 1. The number of para-hydroxylation sites is 2. The molecule has 0 aliphatic carbocycles. The van der Waals surface area contributed by atoms with Gasteiger partial charge in [-0.05, 0) is 63.0 Å². The van der Waals surface area contributed by atoms with Gasteiger partial charge in [-0.25, -0.2) is 4.98 Å². The maximum absolute atomic E-state index is 13.1. The Morgan fingerprint density at radius 3 is 2.86 bits per heavy atom. The van der Waals surface area contributed by atoms with Crippen molar-refractivity contribution < 1.29 is 0 Å². The molecule has 4 aromatic rings. The van der Waals surface area contributed by atoms with Gasteiger partial charge < -0.3 is 20.6 Å². The Kier molecular flexibility index (Phi) is 4.56. The van der Waals surface area contributed by atoms with Gasteiger partial charge in [0.15, 0.2) is 0 Å². The van der Waals surface area contributed by atoms with E-state index < -0.39 is 0 Å². The molecule has 3 heterocycles. The maximum atomic E-state index is 13.1. The summed E-state index contributed by atoms with van der Waals surface area (Å²) in [6.07, 6.45) is 2.39. The van der Waals surface area contributed by atoms with Crippen LogP contribution < -0.4 is 16.2 Å². The fraction of sp³-hybridized carbons (Fsp3) is 0.304. The summed E-state index contributed by atoms with van der Waals surface area (Å²) in [4.78, 5) is 24.2. The number of pyridine rings is 1. The Hall–Kier alpha value is -3.12. The van der Waals surface area contributed by atoms with E-state index in [2.05, 4.69) is 33.6 Å². The van der Waals surface area contributed by atoms with Crippen molar-refractivity contribution in [1.82, 2.24) is 20.3 Å². The molecule has 1 aliphatic heterocycles. The Morgan fingerprint density at radius 1 is 1.14 bits per heavy atom. The van der Waals surface area contributed by atoms with E-state index in [0.29, 0.717) is 17.3 Å². The number of aromatic amines is 2. The molecule has 1 fully saturated rings. The van der Waals surface area contributed by atoms with E-state index in [-0.39, 0.29) is 5.56 Å². The van der Waals surface area contributed by atoms with Crippen LogP contribution in [0.4, 0.5) is 5.69 Å². The highest BCUT2D eigenvalue weighted by Crippen LogP contribution is 2.31. The van der Waals surface area contributed by atoms with Crippen molar-refractivity contribution >= 4 is 27.6 Å². The Labute approximate surface area is 168 Å². The minimum absolute atomic E-state index is 0.135. The quantitative estimate of drug-likeness (QED) is 0.429. The molecule has 1 saturated heterocycles. The van der Waals surface area contributed by atoms with Crippen molar-refractivity contribution in [2.45, 2.75) is 19.8 Å². The normalized spacial score (nSPS) is 17.1. The standard InChI is InChI=1S/C23H25N5O/c1-14-8-9-17-16(11-14)21(25-13-15-5-4-10-24-12-15)20(23(29)28-17)22-26-18-6-2-3-7-19(18)27-22/h2-3,6-9,11,15,24H,4-5,10,12-13H2,1H3,(H,26,27)(H2,25,28,29). The van der Waals surface area contributed by atoms with Gasteiger partial charge >= 0.3 is 0 Å². The van der Waals surface area contributed by atoms with Gasteiger partial charge in [-0.3, -0.25) is 4.79 Å². The van der Waals surface area contributed by atoms with Crippen molar-refractivity contribution in [3.8, 4) is 11.4 Å². The molecule has 5 rings (SSSR count). The predicted octanol–water partition coefficient (Wildman–Crippen LogP) is 3.79. The molecule has 148 valence electrons. The van der Waals surface area contributed by atoms with Crippen LogP contribution in [0.25, 0.3) is 33.3 Å². The number of fused-ring (bicyclic) bond motifs is 2. The third kappa shape index (κ3) is 3.40. The SMILES string of the molecule is Cc1ccc2[nH]c(=O)c(-c3nc4ccccc4[nH]3)c(NCC3CCCNC3)c2c1. The summed E-state index contributed by atoms with van der Waals surface area (Å²) >= 11 is 0. The molecule has 1 aliphatic rings. The van der Waals surface area contributed by atoms with E-state index in [0.717, 1.165) is 52.8 Å². The van der Waals surface area contributed by atoms with Crippen molar-refractivity contribution in [2.24, 2.45) is 5.92 Å². The lowest BCUT2D eigenvalue weighted by Gasteiger charge is -2.24. The fourth-order valence-corrected chi connectivity index (χ4v) is 4.23. The lowest BCUT2D eigenvalue weighted by molar-refractivity contribution is 0.393. The van der Waals surface area contributed by atoms with E-state index in [1.54, 1.807) is 0 Å². The molecule has 6 nitrogen and oxygen atoms in total. The summed E-state index contributed by atoms with van der Waals surface area (Å²) in [5.41, 5.74) is 5.07. The third-order valence-corrected chi connectivity index (χ3v) is 5.76. The average molecular weight is 387 g/mol. The lowest BCUT2D eigenvalue weighted by Crippen LogP contribution is -2.33. The molecule has 1 atom stereocenters. The van der Waals surface area contributed by atoms with Crippen LogP contribution in [-0.4, -0.2) is 34.6 Å². The number of aromatic nitrogens is 3. The molecule has 1 unspecified atom stereocenters. The minimum Gasteiger partial charge on any atom is -0.383 e. The van der Waals surface area contributed by atoms with Crippen LogP contribution in [0.15, 0.2) is 47.3 Å². The number of aryl methyl sites for hydroxylation is 1. The van der Waals surface area contributed by atoms with Gasteiger partial charge in [-0.2, -0.15) is 0 Å². The van der Waals surface area contributed by atoms with Gasteiger partial charge in [-0.15, -0.1) is 0 Å². The number of hydrogen-bond donors (Lipinski definition) is 4. The summed E-state index contributed by atoms with van der Waals surface area (Å²) in [5, 5.41) is 8.10. The second-order valence-electron chi connectivity index (χ2n) is 7.95. The molecule has 4 N–H and O–H groups in total. The largest absolute Gasteiger partial charge is 0.383 e. The Balaban J connectivity index is 1.66. The zero-order chi connectivity index (χ0) is 19.8. The zero-order valence-electron chi connectivity index (χ0n) is 16.5. The van der Waals surface area contributed by atoms with Gasteiger partial charge in [0.05, 0.1) is 22.2 Å². The summed E-state index contributed by atoms with van der Waals surface area (Å²) < 4.78 is 0. The molecule has 0 bridgehead atoms. The number of piperidine rings is 1. The predicted molar refractivity (Wildman–Crippen MR) is 118 cm³/mol. The van der Waals surface area contributed by atoms with Crippen LogP contribution in [0.5, 0.6) is 0 Å². The summed E-state index contributed by atoms with van der Waals surface area (Å²) in [6, 6.07) is 14.0. The number of anilines is 1. The molecule has 0 radical (unpaired) electrons. The zero-order valence-corrected chi connectivity index (χ0v) is 16.5. The van der Waals surface area contributed by atoms with E-state index in [9.17, 15) is 4.79 Å². The van der Waals surface area contributed by atoms with Gasteiger partial charge in [0, 0.05) is 11.9 Å². The Bertz CT molecular complexity index is 1200. The number of hydrogen-bond acceptors (Lipinski definition) is 4. The van der Waals surface area contributed by atoms with Crippen LogP contribution >= 0.6 is 0 Å². The van der Waals surface area contributed by atoms with Crippen LogP contribution in [0.3, 0.4) is 0 Å². The first-order valence-electron chi connectivity index (χ1n) is 10.3. The molecule has 0 amide bonds. The molecule has 2 aromatic carbocycles. The van der Waals surface area contributed by atoms with Crippen molar-refractivity contribution in [1.29, 1.82) is 0 Å². The molecule has 0 saturated carbocycles. The van der Waals surface area contributed by atoms with E-state index in [1.165, 1.54) is 12.8 Å². The van der Waals surface area contributed by atoms with E-state index >= 15 is 0 Å². The first-order valence-corrected chi connectivity index (χ1v) is 10.3. The summed E-state index contributed by atoms with van der Waals surface area (Å²) in [6.45, 7) is 4.99. The number of imidazole rings is 1. The average Bonchev–Trinajstić information content (AvgIpc) is 3.16. The van der Waals surface area contributed by atoms with Crippen molar-refractivity contribution in [3.63, 3.8) is 0 Å². The first kappa shape index (κ1) is 17.9. The molecule has 6 heteroatoms. The highest BCUT2D eigenvalue weighted by molar-refractivity contribution is 5.99. The molecule has 29 heavy (non-hydrogen) atoms. The second kappa shape index (κ2) is 7.37. The number of nitrogens with one attached hydrogen (secondary N) is 4. The van der Waals surface area contributed by atoms with Crippen LogP contribution in [0, 0.1) is 12.8 Å². The van der Waals surface area contributed by atoms with E-state index in [1.807, 2.05) is 36.4 Å². The minimum atomic E-state index is -0.135. The monoisotopic (exact) mass is 387 g/mol.